The van der Waals surface area contributed by atoms with Gasteiger partial charge >= 0.3 is 6.18 Å². The van der Waals surface area contributed by atoms with Gasteiger partial charge in [-0.05, 0) is 24.6 Å². The quantitative estimate of drug-likeness (QED) is 0.591. The molecule has 0 amide bonds. The highest BCUT2D eigenvalue weighted by atomic mass is 32.2. The molecule has 0 saturated heterocycles. The van der Waals surface area contributed by atoms with Gasteiger partial charge in [-0.15, -0.1) is 0 Å². The van der Waals surface area contributed by atoms with Crippen molar-refractivity contribution in [3.05, 3.63) is 41.0 Å². The average molecular weight is 471 g/mol. The molecule has 9 nitrogen and oxygen atoms in total. The molecule has 1 unspecified atom stereocenters. The second kappa shape index (κ2) is 7.67. The molecule has 3 aromatic rings. The van der Waals surface area contributed by atoms with Gasteiger partial charge in [0, 0.05) is 31.1 Å². The van der Waals surface area contributed by atoms with Crippen LogP contribution in [0.15, 0.2) is 23.2 Å². The fraction of sp³-hybridized carbons (Fsp3) is 0.421. The lowest BCUT2D eigenvalue weighted by molar-refractivity contribution is -0.142. The molecule has 0 bridgehead atoms. The predicted molar refractivity (Wildman–Crippen MR) is 107 cm³/mol. The number of hydrogen-bond acceptors (Lipinski definition) is 8. The zero-order chi connectivity index (χ0) is 23.4. The Kier molecular flexibility index (Phi) is 5.38. The number of nitrogens with zero attached hydrogens (tertiary/aromatic N) is 5. The Hall–Kier alpha value is -2.77. The molecule has 1 atom stereocenters. The molecule has 13 heteroatoms. The van der Waals surface area contributed by atoms with Crippen LogP contribution in [0, 0.1) is 0 Å². The molecule has 0 fully saturated rings. The van der Waals surface area contributed by atoms with E-state index in [9.17, 15) is 31.8 Å². The van der Waals surface area contributed by atoms with Crippen LogP contribution in [0.5, 0.6) is 0 Å². The number of halogens is 3. The van der Waals surface area contributed by atoms with Crippen LogP contribution in [0.25, 0.3) is 11.0 Å². The summed E-state index contributed by atoms with van der Waals surface area (Å²) in [5, 5.41) is 19.2. The van der Waals surface area contributed by atoms with E-state index in [4.69, 9.17) is 0 Å². The third kappa shape index (κ3) is 3.91. The van der Waals surface area contributed by atoms with Crippen LogP contribution in [0.3, 0.4) is 0 Å². The molecule has 0 aliphatic carbocycles. The lowest BCUT2D eigenvalue weighted by atomic mass is 10.1. The van der Waals surface area contributed by atoms with Crippen molar-refractivity contribution < 1.29 is 31.8 Å². The van der Waals surface area contributed by atoms with Crippen molar-refractivity contribution in [2.24, 2.45) is 0 Å². The Morgan fingerprint density at radius 1 is 1.22 bits per heavy atom. The lowest BCUT2D eigenvalue weighted by Gasteiger charge is -2.28. The van der Waals surface area contributed by atoms with E-state index in [-0.39, 0.29) is 29.5 Å². The summed E-state index contributed by atoms with van der Waals surface area (Å²) in [6.07, 6.45) is -4.11. The van der Waals surface area contributed by atoms with Crippen molar-refractivity contribution in [1.82, 2.24) is 19.5 Å². The highest BCUT2D eigenvalue weighted by Gasteiger charge is 2.38. The first-order chi connectivity index (χ1) is 14.9. The maximum Gasteiger partial charge on any atom is 0.433 e. The van der Waals surface area contributed by atoms with E-state index in [2.05, 4.69) is 15.0 Å². The van der Waals surface area contributed by atoms with Crippen molar-refractivity contribution in [1.29, 1.82) is 0 Å². The SMILES string of the molecule is CC(O)c1cnc(N2CCn3c(nc4cc(CO)c(S(C)(=O)=O)cc43)C2)nc1C(F)(F)F. The van der Waals surface area contributed by atoms with Crippen molar-refractivity contribution in [3.8, 4) is 0 Å². The number of imidazole rings is 1. The van der Waals surface area contributed by atoms with Crippen molar-refractivity contribution in [2.75, 3.05) is 17.7 Å². The van der Waals surface area contributed by atoms with E-state index in [0.717, 1.165) is 12.5 Å². The number of fused-ring (bicyclic) bond motifs is 3. The average Bonchev–Trinajstić information content (AvgIpc) is 3.07. The molecule has 1 aliphatic rings. The molecule has 172 valence electrons. The Morgan fingerprint density at radius 2 is 1.94 bits per heavy atom. The maximum absolute atomic E-state index is 13.4. The zero-order valence-corrected chi connectivity index (χ0v) is 17.9. The van der Waals surface area contributed by atoms with Crippen LogP contribution in [0.1, 0.15) is 35.7 Å². The summed E-state index contributed by atoms with van der Waals surface area (Å²) in [5.41, 5.74) is -0.352. The van der Waals surface area contributed by atoms with Crippen LogP contribution in [0.4, 0.5) is 19.1 Å². The van der Waals surface area contributed by atoms with Gasteiger partial charge in [-0.2, -0.15) is 13.2 Å². The Labute approximate surface area is 181 Å². The second-order valence-electron chi connectivity index (χ2n) is 7.63. The summed E-state index contributed by atoms with van der Waals surface area (Å²) in [6, 6.07) is 2.95. The third-order valence-electron chi connectivity index (χ3n) is 5.31. The first kappa shape index (κ1) is 22.4. The monoisotopic (exact) mass is 471 g/mol. The van der Waals surface area contributed by atoms with E-state index >= 15 is 0 Å². The molecular weight excluding hydrogens is 451 g/mol. The summed E-state index contributed by atoms with van der Waals surface area (Å²) in [6.45, 7) is 1.41. The summed E-state index contributed by atoms with van der Waals surface area (Å²) in [7, 11) is -3.58. The normalized spacial score (nSPS) is 15.8. The van der Waals surface area contributed by atoms with Gasteiger partial charge in [0.1, 0.15) is 5.82 Å². The standard InChI is InChI=1S/C19H20F3N5O4S/c1-10(29)12-7-23-18(25-17(12)19(20,21)22)26-3-4-27-14-6-15(32(2,30)31)11(9-28)5-13(14)24-16(27)8-26/h5-7,10,28-29H,3-4,8-9H2,1-2H3. The van der Waals surface area contributed by atoms with Gasteiger partial charge < -0.3 is 19.7 Å². The van der Waals surface area contributed by atoms with Gasteiger partial charge in [-0.1, -0.05) is 0 Å². The number of hydrogen-bond donors (Lipinski definition) is 2. The van der Waals surface area contributed by atoms with Gasteiger partial charge in [-0.25, -0.2) is 23.4 Å². The summed E-state index contributed by atoms with van der Waals surface area (Å²) >= 11 is 0. The highest BCUT2D eigenvalue weighted by molar-refractivity contribution is 7.90. The minimum Gasteiger partial charge on any atom is -0.392 e. The molecule has 1 aromatic carbocycles. The van der Waals surface area contributed by atoms with Gasteiger partial charge in [0.25, 0.3) is 0 Å². The van der Waals surface area contributed by atoms with Gasteiger partial charge in [0.2, 0.25) is 5.95 Å². The van der Waals surface area contributed by atoms with Gasteiger partial charge in [0.15, 0.2) is 15.5 Å². The molecule has 2 N–H and O–H groups in total. The molecule has 0 spiro atoms. The van der Waals surface area contributed by atoms with Gasteiger partial charge in [-0.3, -0.25) is 0 Å². The van der Waals surface area contributed by atoms with E-state index in [1.165, 1.54) is 24.0 Å². The molecule has 0 radical (unpaired) electrons. The minimum absolute atomic E-state index is 0.00416. The van der Waals surface area contributed by atoms with Crippen LogP contribution < -0.4 is 4.90 Å². The number of benzene rings is 1. The fourth-order valence-electron chi connectivity index (χ4n) is 3.79. The number of rotatable bonds is 4. The number of anilines is 1. The number of alkyl halides is 3. The zero-order valence-electron chi connectivity index (χ0n) is 17.1. The lowest BCUT2D eigenvalue weighted by Crippen LogP contribution is -2.35. The number of aromatic nitrogens is 4. The van der Waals surface area contributed by atoms with E-state index in [0.29, 0.717) is 23.4 Å². The van der Waals surface area contributed by atoms with E-state index < -0.39 is 40.0 Å². The van der Waals surface area contributed by atoms with Crippen molar-refractivity contribution in [2.45, 2.75) is 43.8 Å². The molecule has 4 rings (SSSR count). The Bertz CT molecular complexity index is 1300. The molecule has 1 aliphatic heterocycles. The molecule has 0 saturated carbocycles. The van der Waals surface area contributed by atoms with Crippen molar-refractivity contribution in [3.63, 3.8) is 0 Å². The molecule has 2 aromatic heterocycles. The molecule has 3 heterocycles. The molecule has 32 heavy (non-hydrogen) atoms. The number of sulfone groups is 1. The largest absolute Gasteiger partial charge is 0.433 e. The van der Waals surface area contributed by atoms with Crippen molar-refractivity contribution >= 4 is 26.8 Å². The smallest absolute Gasteiger partial charge is 0.392 e. The van der Waals surface area contributed by atoms with Crippen LogP contribution in [0.2, 0.25) is 0 Å². The second-order valence-corrected chi connectivity index (χ2v) is 9.61. The Morgan fingerprint density at radius 3 is 2.53 bits per heavy atom. The Balaban J connectivity index is 1.75. The van der Waals surface area contributed by atoms with Gasteiger partial charge in [0.05, 0.1) is 35.2 Å². The maximum atomic E-state index is 13.4. The third-order valence-corrected chi connectivity index (χ3v) is 6.49. The molecular formula is C19H20F3N5O4S. The van der Waals surface area contributed by atoms with E-state index in [1.54, 1.807) is 4.57 Å². The number of aliphatic hydroxyl groups is 2. The highest BCUT2D eigenvalue weighted by Crippen LogP contribution is 2.34. The van der Waals surface area contributed by atoms with E-state index in [1.807, 2.05) is 0 Å². The summed E-state index contributed by atoms with van der Waals surface area (Å²) in [4.78, 5) is 13.7. The van der Waals surface area contributed by atoms with Crippen LogP contribution in [-0.2, 0) is 35.7 Å². The van der Waals surface area contributed by atoms with Crippen LogP contribution >= 0.6 is 0 Å². The first-order valence-corrected chi connectivity index (χ1v) is 11.5. The topological polar surface area (TPSA) is 121 Å². The minimum atomic E-state index is -4.75. The summed E-state index contributed by atoms with van der Waals surface area (Å²) in [5.74, 6) is 0.352. The van der Waals surface area contributed by atoms with Crippen LogP contribution in [-0.4, -0.2) is 51.0 Å². The number of aliphatic hydroxyl groups excluding tert-OH is 2. The summed E-state index contributed by atoms with van der Waals surface area (Å²) < 4.78 is 66.3. The first-order valence-electron chi connectivity index (χ1n) is 9.60. The fourth-order valence-corrected chi connectivity index (χ4v) is 4.72. The predicted octanol–water partition coefficient (Wildman–Crippen LogP) is 1.81.